The molecule has 1 aromatic heterocycles. The molecule has 2 nitrogen and oxygen atoms in total. The van der Waals surface area contributed by atoms with Crippen LogP contribution in [0.15, 0.2) is 23.3 Å². The van der Waals surface area contributed by atoms with Crippen LogP contribution >= 0.6 is 11.8 Å². The van der Waals surface area contributed by atoms with Gasteiger partial charge in [0.1, 0.15) is 5.04 Å². The molecule has 2 rings (SSSR count). The highest BCUT2D eigenvalue weighted by atomic mass is 32.2. The number of H-pyrrole nitrogens is 1. The summed E-state index contributed by atoms with van der Waals surface area (Å²) >= 11 is 1.82. The zero-order valence-corrected chi connectivity index (χ0v) is 6.32. The maximum Gasteiger partial charge on any atom is 0.114 e. The highest BCUT2D eigenvalue weighted by Crippen LogP contribution is 2.16. The molecule has 1 aliphatic heterocycles. The number of rotatable bonds is 1. The fourth-order valence-electron chi connectivity index (χ4n) is 0.961. The molecule has 0 radical (unpaired) electrons. The summed E-state index contributed by atoms with van der Waals surface area (Å²) in [5.41, 5.74) is 1.16. The topological polar surface area (TPSA) is 28.1 Å². The van der Waals surface area contributed by atoms with Gasteiger partial charge in [0.25, 0.3) is 0 Å². The van der Waals surface area contributed by atoms with Crippen LogP contribution in [0.4, 0.5) is 0 Å². The van der Waals surface area contributed by atoms with Gasteiger partial charge in [-0.2, -0.15) is 0 Å². The Morgan fingerprint density at radius 3 is 3.20 bits per heavy atom. The summed E-state index contributed by atoms with van der Waals surface area (Å²) in [5.74, 6) is 1.13. The molecule has 0 saturated heterocycles. The molecular formula is C7H8N2S. The number of aromatic nitrogens is 1. The van der Waals surface area contributed by atoms with Gasteiger partial charge in [0.05, 0.1) is 5.69 Å². The molecule has 0 aromatic carbocycles. The van der Waals surface area contributed by atoms with E-state index in [9.17, 15) is 0 Å². The van der Waals surface area contributed by atoms with Crippen LogP contribution in [0.5, 0.6) is 0 Å². The molecule has 3 heteroatoms. The summed E-state index contributed by atoms with van der Waals surface area (Å²) < 4.78 is 0. The van der Waals surface area contributed by atoms with Crippen LogP contribution in [0.2, 0.25) is 0 Å². The Hall–Kier alpha value is -0.700. The van der Waals surface area contributed by atoms with Gasteiger partial charge in [-0.1, -0.05) is 0 Å². The van der Waals surface area contributed by atoms with Crippen molar-refractivity contribution in [3.63, 3.8) is 0 Å². The van der Waals surface area contributed by atoms with Crippen molar-refractivity contribution in [2.45, 2.75) is 0 Å². The van der Waals surface area contributed by atoms with Crippen molar-refractivity contribution in [3.8, 4) is 0 Å². The van der Waals surface area contributed by atoms with Gasteiger partial charge in [-0.25, -0.2) is 0 Å². The molecule has 52 valence electrons. The molecule has 1 aromatic rings. The summed E-state index contributed by atoms with van der Waals surface area (Å²) in [6.45, 7) is 0.971. The number of hydrogen-bond acceptors (Lipinski definition) is 2. The van der Waals surface area contributed by atoms with Gasteiger partial charge in [-0.15, -0.1) is 11.8 Å². The van der Waals surface area contributed by atoms with Crippen molar-refractivity contribution in [2.75, 3.05) is 12.3 Å². The zero-order valence-electron chi connectivity index (χ0n) is 5.50. The van der Waals surface area contributed by atoms with E-state index in [0.29, 0.717) is 0 Å². The van der Waals surface area contributed by atoms with Gasteiger partial charge in [0.15, 0.2) is 0 Å². The van der Waals surface area contributed by atoms with E-state index in [0.717, 1.165) is 23.0 Å². The van der Waals surface area contributed by atoms with E-state index in [1.54, 1.807) is 0 Å². The average Bonchev–Trinajstić information content (AvgIpc) is 2.59. The number of aliphatic imine (C=N–C) groups is 1. The van der Waals surface area contributed by atoms with Crippen molar-refractivity contribution < 1.29 is 0 Å². The first-order chi connectivity index (χ1) is 4.97. The summed E-state index contributed by atoms with van der Waals surface area (Å²) in [5, 5.41) is 1.16. The predicted octanol–water partition coefficient (Wildman–Crippen LogP) is 1.51. The lowest BCUT2D eigenvalue weighted by Crippen LogP contribution is -1.89. The van der Waals surface area contributed by atoms with E-state index in [2.05, 4.69) is 16.0 Å². The number of nitrogens with one attached hydrogen (secondary N) is 1. The van der Waals surface area contributed by atoms with Gasteiger partial charge < -0.3 is 4.98 Å². The predicted molar refractivity (Wildman–Crippen MR) is 44.7 cm³/mol. The van der Waals surface area contributed by atoms with E-state index in [1.807, 2.05) is 24.0 Å². The molecular weight excluding hydrogens is 144 g/mol. The van der Waals surface area contributed by atoms with Crippen LogP contribution in [0.3, 0.4) is 0 Å². The summed E-state index contributed by atoms with van der Waals surface area (Å²) in [4.78, 5) is 7.45. The third kappa shape index (κ3) is 0.968. The Morgan fingerprint density at radius 1 is 1.60 bits per heavy atom. The smallest absolute Gasteiger partial charge is 0.114 e. The highest BCUT2D eigenvalue weighted by molar-refractivity contribution is 8.14. The lowest BCUT2D eigenvalue weighted by molar-refractivity contribution is 1.17. The number of nitrogens with zero attached hydrogens (tertiary/aromatic N) is 1. The Morgan fingerprint density at radius 2 is 2.60 bits per heavy atom. The van der Waals surface area contributed by atoms with Gasteiger partial charge in [-0.3, -0.25) is 4.99 Å². The molecule has 0 bridgehead atoms. The van der Waals surface area contributed by atoms with Crippen LogP contribution in [-0.4, -0.2) is 22.3 Å². The SMILES string of the molecule is c1c[nH]c(C2=NCCS2)c1. The molecule has 0 fully saturated rings. The van der Waals surface area contributed by atoms with Crippen LogP contribution in [-0.2, 0) is 0 Å². The molecule has 1 N–H and O–H groups in total. The van der Waals surface area contributed by atoms with E-state index in [-0.39, 0.29) is 0 Å². The quantitative estimate of drug-likeness (QED) is 0.649. The van der Waals surface area contributed by atoms with Gasteiger partial charge in [0.2, 0.25) is 0 Å². The van der Waals surface area contributed by atoms with Crippen LogP contribution in [0.1, 0.15) is 5.69 Å². The van der Waals surface area contributed by atoms with Crippen molar-refractivity contribution in [1.82, 2.24) is 4.98 Å². The summed E-state index contributed by atoms with van der Waals surface area (Å²) in [6.07, 6.45) is 1.93. The summed E-state index contributed by atoms with van der Waals surface area (Å²) in [7, 11) is 0. The zero-order chi connectivity index (χ0) is 6.81. The first kappa shape index (κ1) is 6.04. The molecule has 1 aliphatic rings. The number of thioether (sulfide) groups is 1. The Kier molecular flexibility index (Phi) is 1.51. The van der Waals surface area contributed by atoms with E-state index < -0.39 is 0 Å². The second kappa shape index (κ2) is 2.50. The minimum absolute atomic E-state index is 0.971. The minimum Gasteiger partial charge on any atom is -0.360 e. The largest absolute Gasteiger partial charge is 0.360 e. The number of aromatic amines is 1. The molecule has 0 atom stereocenters. The molecule has 0 amide bonds. The van der Waals surface area contributed by atoms with Gasteiger partial charge >= 0.3 is 0 Å². The van der Waals surface area contributed by atoms with Crippen molar-refractivity contribution in [2.24, 2.45) is 4.99 Å². The average molecular weight is 152 g/mol. The minimum atomic E-state index is 0.971. The van der Waals surface area contributed by atoms with Crippen LogP contribution in [0.25, 0.3) is 0 Å². The maximum absolute atomic E-state index is 4.33. The Labute approximate surface area is 63.7 Å². The molecule has 10 heavy (non-hydrogen) atoms. The van der Waals surface area contributed by atoms with Crippen LogP contribution in [0, 0.1) is 0 Å². The lowest BCUT2D eigenvalue weighted by atomic mass is 10.5. The van der Waals surface area contributed by atoms with Gasteiger partial charge in [-0.05, 0) is 12.1 Å². The number of hydrogen-bond donors (Lipinski definition) is 1. The normalized spacial score (nSPS) is 17.4. The monoisotopic (exact) mass is 152 g/mol. The second-order valence-electron chi connectivity index (χ2n) is 2.12. The third-order valence-electron chi connectivity index (χ3n) is 1.41. The molecule has 0 aliphatic carbocycles. The van der Waals surface area contributed by atoms with Gasteiger partial charge in [0, 0.05) is 18.5 Å². The van der Waals surface area contributed by atoms with E-state index in [4.69, 9.17) is 0 Å². The Balaban J connectivity index is 2.28. The van der Waals surface area contributed by atoms with Crippen LogP contribution < -0.4 is 0 Å². The molecule has 2 heterocycles. The first-order valence-corrected chi connectivity index (χ1v) is 4.26. The molecule has 0 unspecified atom stereocenters. The molecule has 0 saturated carbocycles. The highest BCUT2D eigenvalue weighted by Gasteiger charge is 2.08. The fourth-order valence-corrected chi connectivity index (χ4v) is 1.80. The first-order valence-electron chi connectivity index (χ1n) is 3.28. The maximum atomic E-state index is 4.33. The summed E-state index contributed by atoms with van der Waals surface area (Å²) in [6, 6.07) is 4.05. The van der Waals surface area contributed by atoms with Crippen molar-refractivity contribution in [1.29, 1.82) is 0 Å². The van der Waals surface area contributed by atoms with Crippen molar-refractivity contribution >= 4 is 16.8 Å². The van der Waals surface area contributed by atoms with Crippen molar-refractivity contribution in [3.05, 3.63) is 24.0 Å². The Bertz CT molecular complexity index is 238. The lowest BCUT2D eigenvalue weighted by Gasteiger charge is -1.91. The van der Waals surface area contributed by atoms with E-state index in [1.165, 1.54) is 0 Å². The fraction of sp³-hybridized carbons (Fsp3) is 0.286. The third-order valence-corrected chi connectivity index (χ3v) is 2.42. The second-order valence-corrected chi connectivity index (χ2v) is 3.20. The van der Waals surface area contributed by atoms with E-state index >= 15 is 0 Å². The standard InChI is InChI=1S/C7H8N2S/c1-2-6(8-3-1)7-9-4-5-10-7/h1-3,8H,4-5H2. The molecule has 0 spiro atoms.